The van der Waals surface area contributed by atoms with Gasteiger partial charge in [-0.3, -0.25) is 4.79 Å². The van der Waals surface area contributed by atoms with Gasteiger partial charge in [0.1, 0.15) is 0 Å². The van der Waals surface area contributed by atoms with E-state index in [9.17, 15) is 4.79 Å². The number of carbonyl (C=O) groups is 1. The molecule has 0 saturated carbocycles. The van der Waals surface area contributed by atoms with Crippen LogP contribution in [0.1, 0.15) is 32.6 Å². The van der Waals surface area contributed by atoms with Crippen molar-refractivity contribution in [2.75, 3.05) is 26.2 Å². The van der Waals surface area contributed by atoms with E-state index >= 15 is 0 Å². The minimum absolute atomic E-state index is 0.744. The third-order valence-electron chi connectivity index (χ3n) is 3.98. The van der Waals surface area contributed by atoms with Gasteiger partial charge in [-0.1, -0.05) is 6.92 Å². The predicted molar refractivity (Wildman–Crippen MR) is 60.6 cm³/mol. The second-order valence-corrected chi connectivity index (χ2v) is 5.09. The average molecular weight is 210 g/mol. The van der Waals surface area contributed by atoms with Crippen LogP contribution in [0.3, 0.4) is 0 Å². The zero-order chi connectivity index (χ0) is 10.7. The molecule has 2 rings (SSSR count). The number of hydrogen-bond acceptors (Lipinski definition) is 2. The molecule has 86 valence electrons. The van der Waals surface area contributed by atoms with Crippen LogP contribution in [-0.2, 0) is 4.79 Å². The lowest BCUT2D eigenvalue weighted by molar-refractivity contribution is -0.119. The summed E-state index contributed by atoms with van der Waals surface area (Å²) in [5.41, 5.74) is 0. The van der Waals surface area contributed by atoms with Crippen molar-refractivity contribution in [3.05, 3.63) is 0 Å². The van der Waals surface area contributed by atoms with Crippen LogP contribution in [0, 0.1) is 5.92 Å². The van der Waals surface area contributed by atoms with E-state index in [0.29, 0.717) is 0 Å². The molecule has 3 heteroatoms. The fraction of sp³-hybridized carbons (Fsp3) is 0.917. The van der Waals surface area contributed by atoms with Crippen molar-refractivity contribution < 1.29 is 4.79 Å². The molecule has 0 aromatic heterocycles. The topological polar surface area (TPSA) is 23.6 Å². The van der Waals surface area contributed by atoms with Gasteiger partial charge in [0.15, 0.2) is 0 Å². The van der Waals surface area contributed by atoms with Gasteiger partial charge in [-0.25, -0.2) is 0 Å². The smallest absolute Gasteiger partial charge is 0.209 e. The van der Waals surface area contributed by atoms with E-state index < -0.39 is 0 Å². The molecule has 0 bridgehead atoms. The molecule has 0 spiro atoms. The summed E-state index contributed by atoms with van der Waals surface area (Å²) in [4.78, 5) is 15.1. The van der Waals surface area contributed by atoms with E-state index in [2.05, 4.69) is 11.8 Å². The van der Waals surface area contributed by atoms with Gasteiger partial charge < -0.3 is 9.80 Å². The second-order valence-electron chi connectivity index (χ2n) is 5.09. The lowest BCUT2D eigenvalue weighted by Crippen LogP contribution is -2.47. The van der Waals surface area contributed by atoms with Gasteiger partial charge in [-0.15, -0.1) is 0 Å². The largest absolute Gasteiger partial charge is 0.345 e. The molecule has 0 atom stereocenters. The van der Waals surface area contributed by atoms with Crippen molar-refractivity contribution in [3.63, 3.8) is 0 Å². The molecule has 2 aliphatic rings. The number of amides is 1. The molecule has 0 unspecified atom stereocenters. The Morgan fingerprint density at radius 2 is 1.60 bits per heavy atom. The van der Waals surface area contributed by atoms with E-state index in [1.807, 2.05) is 4.90 Å². The molecule has 0 aromatic rings. The molecule has 0 aliphatic carbocycles. The Morgan fingerprint density at radius 3 is 2.13 bits per heavy atom. The zero-order valence-electron chi connectivity index (χ0n) is 9.69. The molecule has 3 nitrogen and oxygen atoms in total. The normalized spacial score (nSPS) is 26.9. The number of piperidine rings is 2. The fourth-order valence-corrected chi connectivity index (χ4v) is 2.75. The molecule has 0 radical (unpaired) electrons. The van der Waals surface area contributed by atoms with Crippen LogP contribution in [0.15, 0.2) is 0 Å². The standard InChI is InChI=1S/C12H22N2O/c1-11-2-8-14(9-3-11)12-4-6-13(10-15)7-5-12/h10-12H,2-9H2,1H3. The van der Waals surface area contributed by atoms with Gasteiger partial charge in [-0.05, 0) is 44.7 Å². The van der Waals surface area contributed by atoms with Crippen molar-refractivity contribution in [2.45, 2.75) is 38.6 Å². The van der Waals surface area contributed by atoms with Gasteiger partial charge in [-0.2, -0.15) is 0 Å². The number of likely N-dealkylation sites (tertiary alicyclic amines) is 2. The molecule has 1 amide bonds. The highest BCUT2D eigenvalue weighted by atomic mass is 16.1. The van der Waals surface area contributed by atoms with E-state index in [4.69, 9.17) is 0 Å². The monoisotopic (exact) mass is 210 g/mol. The highest BCUT2D eigenvalue weighted by Gasteiger charge is 2.26. The Kier molecular flexibility index (Phi) is 3.62. The van der Waals surface area contributed by atoms with Crippen LogP contribution in [0.5, 0.6) is 0 Å². The summed E-state index contributed by atoms with van der Waals surface area (Å²) in [5.74, 6) is 0.913. The summed E-state index contributed by atoms with van der Waals surface area (Å²) in [7, 11) is 0. The van der Waals surface area contributed by atoms with E-state index in [0.717, 1.165) is 31.5 Å². The van der Waals surface area contributed by atoms with Crippen molar-refractivity contribution in [2.24, 2.45) is 5.92 Å². The molecule has 2 saturated heterocycles. The Balaban J connectivity index is 1.78. The summed E-state index contributed by atoms with van der Waals surface area (Å²) in [6, 6.07) is 0.744. The lowest BCUT2D eigenvalue weighted by atomic mass is 9.95. The Bertz CT molecular complexity index is 204. The van der Waals surface area contributed by atoms with Crippen LogP contribution in [0.4, 0.5) is 0 Å². The zero-order valence-corrected chi connectivity index (χ0v) is 9.69. The summed E-state index contributed by atoms with van der Waals surface area (Å²) in [6.07, 6.45) is 6.05. The molecule has 0 aromatic carbocycles. The number of carbonyl (C=O) groups excluding carboxylic acids is 1. The van der Waals surface area contributed by atoms with E-state index in [-0.39, 0.29) is 0 Å². The molecule has 15 heavy (non-hydrogen) atoms. The van der Waals surface area contributed by atoms with Crippen molar-refractivity contribution in [3.8, 4) is 0 Å². The molecule has 0 N–H and O–H groups in total. The Morgan fingerprint density at radius 1 is 1.00 bits per heavy atom. The highest BCUT2D eigenvalue weighted by molar-refractivity contribution is 5.47. The van der Waals surface area contributed by atoms with Gasteiger partial charge >= 0.3 is 0 Å². The molecular weight excluding hydrogens is 188 g/mol. The van der Waals surface area contributed by atoms with E-state index in [1.54, 1.807) is 0 Å². The van der Waals surface area contributed by atoms with Gasteiger partial charge in [0.05, 0.1) is 0 Å². The SMILES string of the molecule is CC1CCN(C2CCN(C=O)CC2)CC1. The van der Waals surface area contributed by atoms with Crippen molar-refractivity contribution >= 4 is 6.41 Å². The summed E-state index contributed by atoms with van der Waals surface area (Å²) in [6.45, 7) is 6.81. The minimum Gasteiger partial charge on any atom is -0.345 e. The van der Waals surface area contributed by atoms with Crippen LogP contribution in [0.25, 0.3) is 0 Å². The first kappa shape index (κ1) is 10.9. The maximum atomic E-state index is 10.6. The molecular formula is C12H22N2O. The van der Waals surface area contributed by atoms with E-state index in [1.165, 1.54) is 38.8 Å². The highest BCUT2D eigenvalue weighted by Crippen LogP contribution is 2.22. The fourth-order valence-electron chi connectivity index (χ4n) is 2.75. The summed E-state index contributed by atoms with van der Waals surface area (Å²) >= 11 is 0. The van der Waals surface area contributed by atoms with Crippen molar-refractivity contribution in [1.29, 1.82) is 0 Å². The first-order chi connectivity index (χ1) is 7.29. The van der Waals surface area contributed by atoms with Crippen LogP contribution in [-0.4, -0.2) is 48.4 Å². The quantitative estimate of drug-likeness (QED) is 0.642. The van der Waals surface area contributed by atoms with Crippen molar-refractivity contribution in [1.82, 2.24) is 9.80 Å². The first-order valence-corrected chi connectivity index (χ1v) is 6.23. The third-order valence-corrected chi connectivity index (χ3v) is 3.98. The summed E-state index contributed by atoms with van der Waals surface area (Å²) in [5, 5.41) is 0. The maximum Gasteiger partial charge on any atom is 0.209 e. The van der Waals surface area contributed by atoms with Gasteiger partial charge in [0, 0.05) is 19.1 Å². The van der Waals surface area contributed by atoms with Gasteiger partial charge in [0.25, 0.3) is 0 Å². The summed E-state index contributed by atoms with van der Waals surface area (Å²) < 4.78 is 0. The number of hydrogen-bond donors (Lipinski definition) is 0. The molecule has 2 fully saturated rings. The average Bonchev–Trinajstić information content (AvgIpc) is 2.30. The minimum atomic E-state index is 0.744. The van der Waals surface area contributed by atoms with Crippen LogP contribution >= 0.6 is 0 Å². The maximum absolute atomic E-state index is 10.6. The van der Waals surface area contributed by atoms with Crippen LogP contribution < -0.4 is 0 Å². The first-order valence-electron chi connectivity index (χ1n) is 6.23. The predicted octanol–water partition coefficient (Wildman–Crippen LogP) is 1.34. The lowest BCUT2D eigenvalue weighted by Gasteiger charge is -2.40. The molecule has 2 heterocycles. The van der Waals surface area contributed by atoms with Gasteiger partial charge in [0.2, 0.25) is 6.41 Å². The second kappa shape index (κ2) is 4.97. The Hall–Kier alpha value is -0.570. The van der Waals surface area contributed by atoms with Crippen LogP contribution in [0.2, 0.25) is 0 Å². The molecule has 2 aliphatic heterocycles. The Labute approximate surface area is 92.4 Å². The third kappa shape index (κ3) is 2.71. The number of rotatable bonds is 2. The number of nitrogens with zero attached hydrogens (tertiary/aromatic N) is 2.